The van der Waals surface area contributed by atoms with Gasteiger partial charge in [-0.3, -0.25) is 0 Å². The van der Waals surface area contributed by atoms with Crippen LogP contribution in [-0.2, 0) is 0 Å². The number of hydrogen-bond donors (Lipinski definition) is 0. The molecule has 50 valence electrons. The first-order valence-corrected chi connectivity index (χ1v) is 2.86. The summed E-state index contributed by atoms with van der Waals surface area (Å²) in [7, 11) is 0. The van der Waals surface area contributed by atoms with E-state index in [1.165, 1.54) is 0 Å². The fraction of sp³-hybridized carbons (Fsp3) is 1.00. The summed E-state index contributed by atoms with van der Waals surface area (Å²) in [6.07, 6.45) is -0.658. The van der Waals surface area contributed by atoms with E-state index in [-0.39, 0.29) is 63.7 Å². The SMILES string of the molecule is F[B-](F)(F)CCCCl.[K+]. The van der Waals surface area contributed by atoms with Crippen LogP contribution in [0.15, 0.2) is 0 Å². The Morgan fingerprint density at radius 2 is 1.67 bits per heavy atom. The van der Waals surface area contributed by atoms with Gasteiger partial charge in [0.15, 0.2) is 0 Å². The van der Waals surface area contributed by atoms with Crippen LogP contribution in [0.1, 0.15) is 6.42 Å². The molecule has 0 bridgehead atoms. The molecule has 0 amide bonds. The molecule has 0 heterocycles. The van der Waals surface area contributed by atoms with Crippen LogP contribution in [0.3, 0.4) is 0 Å². The van der Waals surface area contributed by atoms with Crippen LogP contribution in [0.2, 0.25) is 6.32 Å². The summed E-state index contributed by atoms with van der Waals surface area (Å²) < 4.78 is 33.7. The third kappa shape index (κ3) is 12.9. The molecule has 0 aliphatic heterocycles. The van der Waals surface area contributed by atoms with Gasteiger partial charge in [0.05, 0.1) is 0 Å². The van der Waals surface area contributed by atoms with Gasteiger partial charge in [-0.05, 0) is 0 Å². The summed E-state index contributed by atoms with van der Waals surface area (Å²) in [6.45, 7) is -4.59. The Kier molecular flexibility index (Phi) is 9.64. The maximum atomic E-state index is 11.2. The van der Waals surface area contributed by atoms with Gasteiger partial charge in [-0.15, -0.1) is 11.6 Å². The first-order valence-electron chi connectivity index (χ1n) is 2.33. The molecule has 0 radical (unpaired) electrons. The van der Waals surface area contributed by atoms with Crippen molar-refractivity contribution >= 4 is 18.6 Å². The van der Waals surface area contributed by atoms with Crippen molar-refractivity contribution in [1.29, 1.82) is 0 Å². The normalized spacial score (nSPS) is 10.7. The molecule has 0 aromatic carbocycles. The van der Waals surface area contributed by atoms with Crippen molar-refractivity contribution in [3.8, 4) is 0 Å². The van der Waals surface area contributed by atoms with Crippen molar-refractivity contribution in [2.75, 3.05) is 5.88 Å². The zero-order valence-electron chi connectivity index (χ0n) is 5.21. The molecule has 0 spiro atoms. The summed E-state index contributed by atoms with van der Waals surface area (Å²) >= 11 is 5.02. The van der Waals surface area contributed by atoms with Crippen LogP contribution >= 0.6 is 11.6 Å². The van der Waals surface area contributed by atoms with Gasteiger partial charge in [0.2, 0.25) is 0 Å². The third-order valence-corrected chi connectivity index (χ3v) is 0.932. The largest absolute Gasteiger partial charge is 1.00 e. The Bertz CT molecular complexity index is 66.6. The second-order valence-corrected chi connectivity index (χ2v) is 1.92. The molecule has 0 fully saturated rings. The van der Waals surface area contributed by atoms with Crippen molar-refractivity contribution < 1.29 is 64.3 Å². The fourth-order valence-electron chi connectivity index (χ4n) is 0.309. The van der Waals surface area contributed by atoms with Crippen LogP contribution in [0.4, 0.5) is 12.9 Å². The minimum absolute atomic E-state index is 0. The molecule has 0 N–H and O–H groups in total. The zero-order chi connectivity index (χ0) is 6.62. The molecule has 0 atom stereocenters. The Morgan fingerprint density at radius 3 is 1.78 bits per heavy atom. The van der Waals surface area contributed by atoms with E-state index in [0.717, 1.165) is 0 Å². The molecular formula is C3H6BClF3K. The Labute approximate surface area is 100.0 Å². The van der Waals surface area contributed by atoms with Gasteiger partial charge in [-0.1, -0.05) is 12.7 Å². The van der Waals surface area contributed by atoms with Gasteiger partial charge < -0.3 is 12.9 Å². The van der Waals surface area contributed by atoms with Crippen molar-refractivity contribution in [1.82, 2.24) is 0 Å². The summed E-state index contributed by atoms with van der Waals surface area (Å²) in [4.78, 5) is 0. The van der Waals surface area contributed by atoms with Crippen LogP contribution in [0.25, 0.3) is 0 Å². The average Bonchev–Trinajstić information content (AvgIpc) is 1.59. The van der Waals surface area contributed by atoms with Gasteiger partial charge in [-0.25, -0.2) is 0 Å². The molecule has 6 heteroatoms. The molecular weight excluding hydrogens is 178 g/mol. The number of rotatable bonds is 3. The molecule has 0 unspecified atom stereocenters. The molecule has 0 rings (SSSR count). The number of halogens is 4. The molecule has 0 saturated carbocycles. The summed E-state index contributed by atoms with van der Waals surface area (Å²) in [5.41, 5.74) is 0. The van der Waals surface area contributed by atoms with Gasteiger partial charge in [0.1, 0.15) is 0 Å². The van der Waals surface area contributed by atoms with E-state index in [0.29, 0.717) is 0 Å². The molecule has 0 saturated heterocycles. The molecule has 0 aliphatic carbocycles. The quantitative estimate of drug-likeness (QED) is 0.409. The minimum Gasteiger partial charge on any atom is -0.449 e. The van der Waals surface area contributed by atoms with Gasteiger partial charge in [-0.2, -0.15) is 0 Å². The van der Waals surface area contributed by atoms with E-state index in [1.54, 1.807) is 0 Å². The molecule has 0 aliphatic rings. The molecule has 0 aromatic rings. The van der Waals surface area contributed by atoms with Crippen LogP contribution in [0, 0.1) is 0 Å². The predicted molar refractivity (Wildman–Crippen MR) is 29.2 cm³/mol. The van der Waals surface area contributed by atoms with E-state index < -0.39 is 13.3 Å². The Balaban J connectivity index is 0. The van der Waals surface area contributed by atoms with E-state index in [2.05, 4.69) is 0 Å². The molecule has 0 aromatic heterocycles. The van der Waals surface area contributed by atoms with Crippen molar-refractivity contribution in [3.05, 3.63) is 0 Å². The minimum atomic E-state index is -4.59. The standard InChI is InChI=1S/C3H6BClF3.K/c5-3-1-2-4(6,7)8;/h1-3H2;/q-1;+1. The molecule has 9 heavy (non-hydrogen) atoms. The van der Waals surface area contributed by atoms with Crippen LogP contribution in [0.5, 0.6) is 0 Å². The van der Waals surface area contributed by atoms with E-state index in [4.69, 9.17) is 11.6 Å². The van der Waals surface area contributed by atoms with E-state index >= 15 is 0 Å². The zero-order valence-corrected chi connectivity index (χ0v) is 9.09. The number of hydrogen-bond acceptors (Lipinski definition) is 0. The van der Waals surface area contributed by atoms with Crippen molar-refractivity contribution in [2.24, 2.45) is 0 Å². The monoisotopic (exact) mass is 184 g/mol. The second kappa shape index (κ2) is 6.49. The fourth-order valence-corrected chi connectivity index (χ4v) is 0.463. The maximum absolute atomic E-state index is 11.2. The van der Waals surface area contributed by atoms with Crippen LogP contribution < -0.4 is 51.4 Å². The van der Waals surface area contributed by atoms with Crippen molar-refractivity contribution in [2.45, 2.75) is 12.7 Å². The average molecular weight is 184 g/mol. The first kappa shape index (κ1) is 13.4. The predicted octanol–water partition coefficient (Wildman–Crippen LogP) is -0.533. The number of alkyl halides is 1. The van der Waals surface area contributed by atoms with Crippen LogP contribution in [-0.4, -0.2) is 12.9 Å². The summed E-state index contributed by atoms with van der Waals surface area (Å²) in [6, 6.07) is 0. The summed E-state index contributed by atoms with van der Waals surface area (Å²) in [5.74, 6) is 0.0985. The van der Waals surface area contributed by atoms with Gasteiger partial charge in [0.25, 0.3) is 0 Å². The Morgan fingerprint density at radius 1 is 1.22 bits per heavy atom. The first-order chi connectivity index (χ1) is 3.56. The Hall–Kier alpha value is 1.78. The molecule has 0 nitrogen and oxygen atoms in total. The smallest absolute Gasteiger partial charge is 0.449 e. The summed E-state index contributed by atoms with van der Waals surface area (Å²) in [5, 5.41) is 0. The van der Waals surface area contributed by atoms with E-state index in [1.807, 2.05) is 0 Å². The topological polar surface area (TPSA) is 0 Å². The van der Waals surface area contributed by atoms with Gasteiger partial charge >= 0.3 is 58.4 Å². The maximum Gasteiger partial charge on any atom is 1.00 e. The third-order valence-electron chi connectivity index (χ3n) is 0.665. The van der Waals surface area contributed by atoms with Gasteiger partial charge in [0, 0.05) is 5.88 Å². The second-order valence-electron chi connectivity index (χ2n) is 1.54. The van der Waals surface area contributed by atoms with Crippen molar-refractivity contribution in [3.63, 3.8) is 0 Å². The van der Waals surface area contributed by atoms with E-state index in [9.17, 15) is 12.9 Å².